The first kappa shape index (κ1) is 26.3. The summed E-state index contributed by atoms with van der Waals surface area (Å²) in [7, 11) is 0. The van der Waals surface area contributed by atoms with Gasteiger partial charge in [-0.05, 0) is 106 Å². The summed E-state index contributed by atoms with van der Waals surface area (Å²) < 4.78 is 59.9. The van der Waals surface area contributed by atoms with Crippen molar-refractivity contribution in [2.75, 3.05) is 6.61 Å². The highest BCUT2D eigenvalue weighted by molar-refractivity contribution is 5.29. The highest BCUT2D eigenvalue weighted by Crippen LogP contribution is 2.37. The molecule has 0 saturated heterocycles. The maximum atomic E-state index is 12.7. The standard InChI is InChI=1S/C27H33F4NO2/c28-24(18-32)5-3-1-2-4-20-8-14-25(15-9-20)33-19-21-6-10-22(11-7-21)23-12-16-26(17-13-23)34-27(29,30)31/h1,3,5,12-13,16-17,20-22,25H,2,4,6-11,14-15,19H2. The van der Waals surface area contributed by atoms with E-state index in [1.807, 2.05) is 6.08 Å². The van der Waals surface area contributed by atoms with Crippen molar-refractivity contribution in [3.63, 3.8) is 0 Å². The van der Waals surface area contributed by atoms with Crippen LogP contribution in [0.4, 0.5) is 17.6 Å². The molecular weight excluding hydrogens is 446 g/mol. The molecule has 7 heteroatoms. The maximum Gasteiger partial charge on any atom is 0.573 e. The highest BCUT2D eigenvalue weighted by atomic mass is 19.4. The van der Waals surface area contributed by atoms with Crippen molar-refractivity contribution in [2.24, 2.45) is 11.8 Å². The first-order valence-electron chi connectivity index (χ1n) is 12.2. The van der Waals surface area contributed by atoms with Gasteiger partial charge in [0.25, 0.3) is 0 Å². The van der Waals surface area contributed by atoms with Crippen molar-refractivity contribution in [1.29, 1.82) is 5.26 Å². The minimum Gasteiger partial charge on any atom is -0.406 e. The van der Waals surface area contributed by atoms with Gasteiger partial charge in [0.05, 0.1) is 6.10 Å². The van der Waals surface area contributed by atoms with E-state index in [9.17, 15) is 17.6 Å². The Balaban J connectivity index is 1.29. The van der Waals surface area contributed by atoms with Gasteiger partial charge in [-0.3, -0.25) is 0 Å². The number of nitriles is 1. The molecule has 0 N–H and O–H groups in total. The first-order valence-corrected chi connectivity index (χ1v) is 12.2. The zero-order valence-corrected chi connectivity index (χ0v) is 19.4. The van der Waals surface area contributed by atoms with Crippen LogP contribution in [-0.4, -0.2) is 19.1 Å². The Labute approximate surface area is 199 Å². The zero-order chi connectivity index (χ0) is 24.4. The molecule has 0 bridgehead atoms. The van der Waals surface area contributed by atoms with E-state index in [0.717, 1.165) is 76.4 Å². The second kappa shape index (κ2) is 12.9. The summed E-state index contributed by atoms with van der Waals surface area (Å²) >= 11 is 0. The van der Waals surface area contributed by atoms with E-state index in [0.29, 0.717) is 23.9 Å². The lowest BCUT2D eigenvalue weighted by Crippen LogP contribution is -2.25. The summed E-state index contributed by atoms with van der Waals surface area (Å²) in [6, 6.07) is 7.75. The van der Waals surface area contributed by atoms with E-state index >= 15 is 0 Å². The molecule has 0 spiro atoms. The molecule has 2 aliphatic rings. The van der Waals surface area contributed by atoms with Crippen LogP contribution in [0.5, 0.6) is 5.75 Å². The third-order valence-corrected chi connectivity index (χ3v) is 7.02. The van der Waals surface area contributed by atoms with E-state index in [4.69, 9.17) is 10.00 Å². The zero-order valence-electron chi connectivity index (χ0n) is 19.4. The molecular formula is C27H33F4NO2. The van der Waals surface area contributed by atoms with Gasteiger partial charge in [-0.25, -0.2) is 0 Å². The van der Waals surface area contributed by atoms with Crippen LogP contribution in [0, 0.1) is 23.2 Å². The molecule has 0 heterocycles. The molecule has 34 heavy (non-hydrogen) atoms. The Kier molecular flexibility index (Phi) is 10.0. The Morgan fingerprint density at radius 3 is 2.24 bits per heavy atom. The van der Waals surface area contributed by atoms with Crippen LogP contribution in [-0.2, 0) is 4.74 Å². The van der Waals surface area contributed by atoms with Crippen LogP contribution in [0.2, 0.25) is 0 Å². The van der Waals surface area contributed by atoms with Gasteiger partial charge in [0.1, 0.15) is 11.8 Å². The van der Waals surface area contributed by atoms with Gasteiger partial charge >= 0.3 is 6.36 Å². The Morgan fingerprint density at radius 1 is 0.971 bits per heavy atom. The monoisotopic (exact) mass is 479 g/mol. The van der Waals surface area contributed by atoms with Gasteiger partial charge in [-0.1, -0.05) is 24.3 Å². The third-order valence-electron chi connectivity index (χ3n) is 7.02. The lowest BCUT2D eigenvalue weighted by Gasteiger charge is -2.32. The van der Waals surface area contributed by atoms with Gasteiger partial charge in [-0.2, -0.15) is 9.65 Å². The molecule has 186 valence electrons. The van der Waals surface area contributed by atoms with E-state index in [2.05, 4.69) is 4.74 Å². The molecule has 0 atom stereocenters. The summed E-state index contributed by atoms with van der Waals surface area (Å²) in [6.07, 6.45) is 11.1. The average Bonchev–Trinajstić information content (AvgIpc) is 2.83. The molecule has 2 saturated carbocycles. The van der Waals surface area contributed by atoms with E-state index in [1.54, 1.807) is 18.2 Å². The Bertz CT molecular complexity index is 841. The summed E-state index contributed by atoms with van der Waals surface area (Å²) in [6.45, 7) is 0.792. The number of rotatable bonds is 9. The molecule has 3 nitrogen and oxygen atoms in total. The molecule has 3 rings (SSSR count). The van der Waals surface area contributed by atoms with Crippen molar-refractivity contribution in [1.82, 2.24) is 0 Å². The van der Waals surface area contributed by atoms with Crippen LogP contribution < -0.4 is 4.74 Å². The number of alkyl halides is 3. The molecule has 0 radical (unpaired) electrons. The summed E-state index contributed by atoms with van der Waals surface area (Å²) in [4.78, 5) is 0. The smallest absolute Gasteiger partial charge is 0.406 e. The van der Waals surface area contributed by atoms with Gasteiger partial charge in [0.2, 0.25) is 0 Å². The van der Waals surface area contributed by atoms with Crippen molar-refractivity contribution in [3.05, 3.63) is 53.9 Å². The van der Waals surface area contributed by atoms with Crippen molar-refractivity contribution in [2.45, 2.75) is 82.6 Å². The average molecular weight is 480 g/mol. The predicted octanol–water partition coefficient (Wildman–Crippen LogP) is 8.15. The van der Waals surface area contributed by atoms with Crippen LogP contribution >= 0.6 is 0 Å². The first-order chi connectivity index (χ1) is 16.3. The van der Waals surface area contributed by atoms with Crippen LogP contribution in [0.3, 0.4) is 0 Å². The maximum absolute atomic E-state index is 12.7. The Hall–Kier alpha value is -2.33. The number of benzene rings is 1. The fourth-order valence-electron chi connectivity index (χ4n) is 5.08. The largest absolute Gasteiger partial charge is 0.573 e. The van der Waals surface area contributed by atoms with Crippen LogP contribution in [0.15, 0.2) is 48.3 Å². The van der Waals surface area contributed by atoms with Crippen LogP contribution in [0.1, 0.15) is 75.7 Å². The normalized spacial score (nSPS) is 26.4. The van der Waals surface area contributed by atoms with Crippen molar-refractivity contribution >= 4 is 0 Å². The summed E-state index contributed by atoms with van der Waals surface area (Å²) in [5.74, 6) is 0.669. The van der Waals surface area contributed by atoms with Crippen molar-refractivity contribution < 1.29 is 27.0 Å². The second-order valence-corrected chi connectivity index (χ2v) is 9.44. The fourth-order valence-corrected chi connectivity index (χ4v) is 5.08. The lowest BCUT2D eigenvalue weighted by molar-refractivity contribution is -0.274. The quantitative estimate of drug-likeness (QED) is 0.204. The number of allylic oxidation sites excluding steroid dienone is 4. The second-order valence-electron chi connectivity index (χ2n) is 9.44. The number of nitrogens with zero attached hydrogens (tertiary/aromatic N) is 1. The van der Waals surface area contributed by atoms with Gasteiger partial charge < -0.3 is 9.47 Å². The molecule has 1 aromatic rings. The summed E-state index contributed by atoms with van der Waals surface area (Å²) in [5.41, 5.74) is 1.08. The minimum absolute atomic E-state index is 0.173. The number of ether oxygens (including phenoxy) is 2. The Morgan fingerprint density at radius 2 is 1.62 bits per heavy atom. The van der Waals surface area contributed by atoms with Gasteiger partial charge in [0, 0.05) is 6.61 Å². The number of hydrogen-bond donors (Lipinski definition) is 0. The molecule has 1 aromatic carbocycles. The third kappa shape index (κ3) is 9.13. The van der Waals surface area contributed by atoms with E-state index in [1.165, 1.54) is 24.3 Å². The molecule has 0 amide bonds. The predicted molar refractivity (Wildman–Crippen MR) is 123 cm³/mol. The van der Waals surface area contributed by atoms with E-state index < -0.39 is 12.2 Å². The summed E-state index contributed by atoms with van der Waals surface area (Å²) in [5, 5.41) is 8.37. The van der Waals surface area contributed by atoms with Crippen LogP contribution in [0.25, 0.3) is 0 Å². The van der Waals surface area contributed by atoms with Crippen molar-refractivity contribution in [3.8, 4) is 11.8 Å². The molecule has 0 unspecified atom stereocenters. The lowest BCUT2D eigenvalue weighted by atomic mass is 9.79. The molecule has 2 fully saturated rings. The van der Waals surface area contributed by atoms with Gasteiger partial charge in [0.15, 0.2) is 5.83 Å². The van der Waals surface area contributed by atoms with Gasteiger partial charge in [-0.15, -0.1) is 13.2 Å². The number of halogens is 4. The SMILES string of the molecule is N#CC(F)=CC=CCCC1CCC(OCC2CCC(c3ccc(OC(F)(F)F)cc3)CC2)CC1. The number of hydrogen-bond acceptors (Lipinski definition) is 3. The molecule has 0 aliphatic heterocycles. The topological polar surface area (TPSA) is 42.2 Å². The molecule has 0 aromatic heterocycles. The minimum atomic E-state index is -4.66. The fraction of sp³-hybridized carbons (Fsp3) is 0.593. The van der Waals surface area contributed by atoms with E-state index in [-0.39, 0.29) is 5.75 Å². The highest BCUT2D eigenvalue weighted by Gasteiger charge is 2.31. The molecule has 2 aliphatic carbocycles.